The van der Waals surface area contributed by atoms with Crippen LogP contribution in [0, 0.1) is 0 Å². The highest BCUT2D eigenvalue weighted by Crippen LogP contribution is 2.28. The number of carbonyl (C=O) groups excluding carboxylic acids is 1. The number of hydrogen-bond acceptors (Lipinski definition) is 2. The van der Waals surface area contributed by atoms with Crippen molar-refractivity contribution < 1.29 is 4.79 Å². The minimum atomic E-state index is 0.0410. The first-order valence-electron chi connectivity index (χ1n) is 9.22. The SMILES string of the molecule is CCCCN(C)C(=O)c1nc(-c2ccc(Cl)cc2)n2c1CCCCC2. The zero-order chi connectivity index (χ0) is 17.8. The van der Waals surface area contributed by atoms with Gasteiger partial charge in [-0.1, -0.05) is 31.4 Å². The van der Waals surface area contributed by atoms with Gasteiger partial charge in [0.25, 0.3) is 5.91 Å². The van der Waals surface area contributed by atoms with E-state index in [1.54, 1.807) is 0 Å². The Labute approximate surface area is 154 Å². The summed E-state index contributed by atoms with van der Waals surface area (Å²) < 4.78 is 2.25. The van der Waals surface area contributed by atoms with Crippen LogP contribution in [0.5, 0.6) is 0 Å². The lowest BCUT2D eigenvalue weighted by Crippen LogP contribution is -2.29. The third-order valence-electron chi connectivity index (χ3n) is 4.87. The van der Waals surface area contributed by atoms with Gasteiger partial charge in [-0.25, -0.2) is 4.98 Å². The molecule has 0 fully saturated rings. The number of unbranched alkanes of at least 4 members (excludes halogenated alkanes) is 1. The lowest BCUT2D eigenvalue weighted by Gasteiger charge is -2.16. The van der Waals surface area contributed by atoms with Crippen LogP contribution >= 0.6 is 11.6 Å². The molecule has 0 N–H and O–H groups in total. The minimum Gasteiger partial charge on any atom is -0.340 e. The lowest BCUT2D eigenvalue weighted by molar-refractivity contribution is 0.0786. The Morgan fingerprint density at radius 2 is 2.00 bits per heavy atom. The number of fused-ring (bicyclic) bond motifs is 1. The maximum Gasteiger partial charge on any atom is 0.274 e. The van der Waals surface area contributed by atoms with Gasteiger partial charge in [-0.3, -0.25) is 4.79 Å². The Bertz CT molecular complexity index is 736. The van der Waals surface area contributed by atoms with Crippen molar-refractivity contribution in [2.45, 2.75) is 52.0 Å². The van der Waals surface area contributed by atoms with E-state index in [2.05, 4.69) is 11.5 Å². The van der Waals surface area contributed by atoms with E-state index in [1.807, 2.05) is 36.2 Å². The van der Waals surface area contributed by atoms with Crippen molar-refractivity contribution in [2.75, 3.05) is 13.6 Å². The molecule has 1 aromatic heterocycles. The number of hydrogen-bond donors (Lipinski definition) is 0. The fourth-order valence-electron chi connectivity index (χ4n) is 3.39. The van der Waals surface area contributed by atoms with Crippen molar-refractivity contribution in [1.82, 2.24) is 14.5 Å². The zero-order valence-electron chi connectivity index (χ0n) is 15.1. The summed E-state index contributed by atoms with van der Waals surface area (Å²) in [6.07, 6.45) is 6.45. The predicted molar refractivity (Wildman–Crippen MR) is 102 cm³/mol. The molecule has 0 aliphatic carbocycles. The summed E-state index contributed by atoms with van der Waals surface area (Å²) in [5, 5.41) is 0.710. The highest BCUT2D eigenvalue weighted by molar-refractivity contribution is 6.30. The van der Waals surface area contributed by atoms with Gasteiger partial charge in [-0.2, -0.15) is 0 Å². The molecule has 0 bridgehead atoms. The van der Waals surface area contributed by atoms with Crippen molar-refractivity contribution in [2.24, 2.45) is 0 Å². The highest BCUT2D eigenvalue weighted by atomic mass is 35.5. The second-order valence-corrected chi connectivity index (χ2v) is 7.22. The number of rotatable bonds is 5. The van der Waals surface area contributed by atoms with Gasteiger partial charge in [0.1, 0.15) is 11.5 Å². The molecule has 0 unspecified atom stereocenters. The standard InChI is InChI=1S/C20H26ClN3O/c1-3-4-13-23(2)20(25)18-17-8-6-5-7-14-24(17)19(22-18)15-9-11-16(21)12-10-15/h9-12H,3-8,13-14H2,1-2H3. The molecular formula is C20H26ClN3O. The number of aromatic nitrogens is 2. The second-order valence-electron chi connectivity index (χ2n) is 6.78. The van der Waals surface area contributed by atoms with Crippen molar-refractivity contribution in [3.8, 4) is 11.4 Å². The van der Waals surface area contributed by atoms with E-state index >= 15 is 0 Å². The Kier molecular flexibility index (Phi) is 5.79. The molecule has 1 aliphatic rings. The van der Waals surface area contributed by atoms with E-state index < -0.39 is 0 Å². The maximum atomic E-state index is 13.0. The molecule has 5 heteroatoms. The first-order valence-corrected chi connectivity index (χ1v) is 9.60. The van der Waals surface area contributed by atoms with Crippen LogP contribution in [0.25, 0.3) is 11.4 Å². The fraction of sp³-hybridized carbons (Fsp3) is 0.500. The number of amides is 1. The lowest BCUT2D eigenvalue weighted by atomic mass is 10.1. The monoisotopic (exact) mass is 359 g/mol. The van der Waals surface area contributed by atoms with Crippen LogP contribution in [0.3, 0.4) is 0 Å². The Morgan fingerprint density at radius 3 is 2.72 bits per heavy atom. The summed E-state index contributed by atoms with van der Waals surface area (Å²) in [5.41, 5.74) is 2.74. The molecular weight excluding hydrogens is 334 g/mol. The molecule has 3 rings (SSSR count). The fourth-order valence-corrected chi connectivity index (χ4v) is 3.51. The molecule has 134 valence electrons. The normalized spacial score (nSPS) is 14.0. The number of halogens is 1. The quantitative estimate of drug-likeness (QED) is 0.768. The molecule has 1 aromatic carbocycles. The zero-order valence-corrected chi connectivity index (χ0v) is 15.9. The first kappa shape index (κ1) is 18.0. The van der Waals surface area contributed by atoms with Crippen molar-refractivity contribution >= 4 is 17.5 Å². The second kappa shape index (κ2) is 8.05. The van der Waals surface area contributed by atoms with Gasteiger partial charge in [0.05, 0.1) is 5.69 Å². The van der Waals surface area contributed by atoms with Gasteiger partial charge >= 0.3 is 0 Å². The number of imidazole rings is 1. The number of carbonyl (C=O) groups is 1. The van der Waals surface area contributed by atoms with Crippen molar-refractivity contribution in [3.63, 3.8) is 0 Å². The van der Waals surface area contributed by atoms with Gasteiger partial charge in [0.2, 0.25) is 0 Å². The molecule has 0 spiro atoms. The predicted octanol–water partition coefficient (Wildman–Crippen LogP) is 4.80. The van der Waals surface area contributed by atoms with Gasteiger partial charge < -0.3 is 9.47 Å². The molecule has 0 radical (unpaired) electrons. The Hall–Kier alpha value is -1.81. The van der Waals surface area contributed by atoms with Gasteiger partial charge in [0.15, 0.2) is 0 Å². The van der Waals surface area contributed by atoms with E-state index in [9.17, 15) is 4.79 Å². The van der Waals surface area contributed by atoms with E-state index in [1.165, 1.54) is 6.42 Å². The van der Waals surface area contributed by atoms with E-state index in [0.717, 1.165) is 62.3 Å². The van der Waals surface area contributed by atoms with E-state index in [0.29, 0.717) is 10.7 Å². The largest absolute Gasteiger partial charge is 0.340 e. The van der Waals surface area contributed by atoms with Gasteiger partial charge in [0, 0.05) is 30.7 Å². The topological polar surface area (TPSA) is 38.1 Å². The summed E-state index contributed by atoms with van der Waals surface area (Å²) >= 11 is 6.03. The summed E-state index contributed by atoms with van der Waals surface area (Å²) in [4.78, 5) is 19.6. The van der Waals surface area contributed by atoms with Crippen LogP contribution in [0.1, 0.15) is 55.2 Å². The van der Waals surface area contributed by atoms with E-state index in [-0.39, 0.29) is 5.91 Å². The van der Waals surface area contributed by atoms with Crippen LogP contribution in [0.4, 0.5) is 0 Å². The molecule has 25 heavy (non-hydrogen) atoms. The molecule has 0 saturated carbocycles. The van der Waals surface area contributed by atoms with Gasteiger partial charge in [-0.05, 0) is 49.9 Å². The molecule has 0 atom stereocenters. The molecule has 0 saturated heterocycles. The van der Waals surface area contributed by atoms with Crippen LogP contribution in [-0.2, 0) is 13.0 Å². The summed E-state index contributed by atoms with van der Waals surface area (Å²) in [5.74, 6) is 0.931. The molecule has 1 amide bonds. The van der Waals surface area contributed by atoms with E-state index in [4.69, 9.17) is 16.6 Å². The molecule has 2 heterocycles. The summed E-state index contributed by atoms with van der Waals surface area (Å²) in [7, 11) is 1.88. The summed E-state index contributed by atoms with van der Waals surface area (Å²) in [6.45, 7) is 3.84. The Balaban J connectivity index is 2.01. The third kappa shape index (κ3) is 3.90. The molecule has 2 aromatic rings. The summed E-state index contributed by atoms with van der Waals surface area (Å²) in [6, 6.07) is 7.73. The Morgan fingerprint density at radius 1 is 1.24 bits per heavy atom. The van der Waals surface area contributed by atoms with Crippen molar-refractivity contribution in [3.05, 3.63) is 40.7 Å². The average molecular weight is 360 g/mol. The van der Waals surface area contributed by atoms with Crippen molar-refractivity contribution in [1.29, 1.82) is 0 Å². The molecule has 4 nitrogen and oxygen atoms in total. The number of nitrogens with zero attached hydrogens (tertiary/aromatic N) is 3. The molecule has 1 aliphatic heterocycles. The van der Waals surface area contributed by atoms with Crippen LogP contribution < -0.4 is 0 Å². The highest BCUT2D eigenvalue weighted by Gasteiger charge is 2.25. The van der Waals surface area contributed by atoms with Crippen LogP contribution in [-0.4, -0.2) is 34.0 Å². The van der Waals surface area contributed by atoms with Crippen LogP contribution in [0.15, 0.2) is 24.3 Å². The average Bonchev–Trinajstić information content (AvgIpc) is 2.81. The van der Waals surface area contributed by atoms with Gasteiger partial charge in [-0.15, -0.1) is 0 Å². The first-order chi connectivity index (χ1) is 12.1. The number of benzene rings is 1. The third-order valence-corrected chi connectivity index (χ3v) is 5.12. The smallest absolute Gasteiger partial charge is 0.274 e. The maximum absolute atomic E-state index is 13.0. The van der Waals surface area contributed by atoms with Crippen LogP contribution in [0.2, 0.25) is 5.02 Å². The minimum absolute atomic E-state index is 0.0410.